The number of nitrogens with two attached hydrogens (primary N) is 1. The highest BCUT2D eigenvalue weighted by molar-refractivity contribution is 7.98. The maximum atomic E-state index is 5.98. The summed E-state index contributed by atoms with van der Waals surface area (Å²) in [6.07, 6.45) is 5.98. The van der Waals surface area contributed by atoms with Crippen LogP contribution in [0, 0.1) is 6.92 Å². The van der Waals surface area contributed by atoms with Crippen LogP contribution in [0.25, 0.3) is 0 Å². The third kappa shape index (κ3) is 4.35. The zero-order valence-electron chi connectivity index (χ0n) is 10.3. The van der Waals surface area contributed by atoms with E-state index in [1.807, 2.05) is 36.9 Å². The van der Waals surface area contributed by atoms with E-state index in [0.29, 0.717) is 0 Å². The van der Waals surface area contributed by atoms with E-state index in [0.717, 1.165) is 23.5 Å². The Morgan fingerprint density at radius 2 is 2.06 bits per heavy atom. The molecular formula is C13H22N2S. The molecule has 0 saturated carbocycles. The van der Waals surface area contributed by atoms with E-state index in [9.17, 15) is 0 Å². The number of hydrogen-bond acceptors (Lipinski definition) is 3. The molecule has 0 bridgehead atoms. The molecule has 0 fully saturated rings. The Balaban J connectivity index is 2.24. The zero-order valence-corrected chi connectivity index (χ0v) is 11.1. The fourth-order valence-corrected chi connectivity index (χ4v) is 2.10. The summed E-state index contributed by atoms with van der Waals surface area (Å²) in [5, 5.41) is 3.40. The normalized spacial score (nSPS) is 10.4. The van der Waals surface area contributed by atoms with Crippen LogP contribution in [-0.4, -0.2) is 18.6 Å². The molecule has 90 valence electrons. The number of hydrogen-bond donors (Lipinski definition) is 2. The van der Waals surface area contributed by atoms with Gasteiger partial charge in [0.05, 0.1) is 11.4 Å². The number of thioether (sulfide) groups is 1. The number of nitrogens with one attached hydrogen (secondary N) is 1. The van der Waals surface area contributed by atoms with E-state index in [4.69, 9.17) is 5.73 Å². The highest BCUT2D eigenvalue weighted by atomic mass is 32.2. The lowest BCUT2D eigenvalue weighted by Crippen LogP contribution is -2.05. The molecule has 0 aliphatic heterocycles. The Morgan fingerprint density at radius 3 is 2.81 bits per heavy atom. The van der Waals surface area contributed by atoms with Gasteiger partial charge in [0.2, 0.25) is 0 Å². The van der Waals surface area contributed by atoms with Gasteiger partial charge in [0.1, 0.15) is 0 Å². The smallest absolute Gasteiger partial charge is 0.0579 e. The maximum Gasteiger partial charge on any atom is 0.0579 e. The van der Waals surface area contributed by atoms with Crippen molar-refractivity contribution in [1.82, 2.24) is 0 Å². The number of aryl methyl sites for hydroxylation is 1. The van der Waals surface area contributed by atoms with Crippen LogP contribution in [-0.2, 0) is 0 Å². The summed E-state index contributed by atoms with van der Waals surface area (Å²) >= 11 is 1.92. The Labute approximate surface area is 103 Å². The molecule has 0 atom stereocenters. The molecule has 1 aromatic rings. The molecule has 0 radical (unpaired) electrons. The van der Waals surface area contributed by atoms with Gasteiger partial charge in [-0.2, -0.15) is 11.8 Å². The number of anilines is 2. The average molecular weight is 238 g/mol. The SMILES string of the molecule is CSCCCCCNc1cccc(C)c1N. The third-order valence-corrected chi connectivity index (χ3v) is 3.36. The highest BCUT2D eigenvalue weighted by Gasteiger charge is 1.99. The molecule has 0 aliphatic rings. The van der Waals surface area contributed by atoms with E-state index in [-0.39, 0.29) is 0 Å². The first-order valence-electron chi connectivity index (χ1n) is 5.83. The summed E-state index contributed by atoms with van der Waals surface area (Å²) in [5.41, 5.74) is 9.08. The fraction of sp³-hybridized carbons (Fsp3) is 0.538. The minimum Gasteiger partial charge on any atom is -0.397 e. The number of benzene rings is 1. The average Bonchev–Trinajstić information content (AvgIpc) is 2.29. The van der Waals surface area contributed by atoms with Gasteiger partial charge in [-0.1, -0.05) is 18.6 Å². The van der Waals surface area contributed by atoms with Crippen molar-refractivity contribution in [2.24, 2.45) is 0 Å². The van der Waals surface area contributed by atoms with Crippen LogP contribution in [0.2, 0.25) is 0 Å². The minimum atomic E-state index is 0.881. The lowest BCUT2D eigenvalue weighted by Gasteiger charge is -2.10. The molecule has 0 amide bonds. The predicted octanol–water partition coefficient (Wildman–Crippen LogP) is 3.52. The molecule has 0 heterocycles. The summed E-state index contributed by atoms with van der Waals surface area (Å²) in [5.74, 6) is 1.27. The second-order valence-electron chi connectivity index (χ2n) is 4.02. The molecule has 0 aromatic heterocycles. The van der Waals surface area contributed by atoms with Gasteiger partial charge in [0.25, 0.3) is 0 Å². The fourth-order valence-electron chi connectivity index (χ4n) is 1.61. The lowest BCUT2D eigenvalue weighted by atomic mass is 10.1. The molecule has 2 nitrogen and oxygen atoms in total. The summed E-state index contributed by atoms with van der Waals surface area (Å²) in [6, 6.07) is 6.13. The van der Waals surface area contributed by atoms with Gasteiger partial charge in [-0.05, 0) is 43.4 Å². The summed E-state index contributed by atoms with van der Waals surface area (Å²) < 4.78 is 0. The first-order chi connectivity index (χ1) is 7.75. The number of nitrogen functional groups attached to an aromatic ring is 1. The van der Waals surface area contributed by atoms with E-state index in [1.54, 1.807) is 0 Å². The summed E-state index contributed by atoms with van der Waals surface area (Å²) in [7, 11) is 0. The van der Waals surface area contributed by atoms with Crippen molar-refractivity contribution in [3.63, 3.8) is 0 Å². The second-order valence-corrected chi connectivity index (χ2v) is 5.00. The van der Waals surface area contributed by atoms with Crippen molar-refractivity contribution in [1.29, 1.82) is 0 Å². The van der Waals surface area contributed by atoms with Crippen molar-refractivity contribution in [3.8, 4) is 0 Å². The van der Waals surface area contributed by atoms with Gasteiger partial charge in [0, 0.05) is 6.54 Å². The maximum absolute atomic E-state index is 5.98. The predicted molar refractivity (Wildman–Crippen MR) is 76.3 cm³/mol. The molecule has 1 aromatic carbocycles. The first kappa shape index (κ1) is 13.2. The van der Waals surface area contributed by atoms with Crippen LogP contribution in [0.15, 0.2) is 18.2 Å². The molecule has 3 N–H and O–H groups in total. The van der Waals surface area contributed by atoms with Crippen molar-refractivity contribution in [2.75, 3.05) is 29.6 Å². The van der Waals surface area contributed by atoms with Crippen molar-refractivity contribution < 1.29 is 0 Å². The molecule has 3 heteroatoms. The van der Waals surface area contributed by atoms with Crippen LogP contribution >= 0.6 is 11.8 Å². The Kier molecular flexibility index (Phi) is 6.16. The number of rotatable bonds is 7. The van der Waals surface area contributed by atoms with E-state index < -0.39 is 0 Å². The van der Waals surface area contributed by atoms with E-state index in [1.165, 1.54) is 25.0 Å². The van der Waals surface area contributed by atoms with Crippen LogP contribution < -0.4 is 11.1 Å². The van der Waals surface area contributed by atoms with Crippen LogP contribution in [0.3, 0.4) is 0 Å². The van der Waals surface area contributed by atoms with E-state index in [2.05, 4.69) is 11.6 Å². The van der Waals surface area contributed by atoms with Crippen molar-refractivity contribution >= 4 is 23.1 Å². The van der Waals surface area contributed by atoms with Crippen molar-refractivity contribution in [2.45, 2.75) is 26.2 Å². The Morgan fingerprint density at radius 1 is 1.25 bits per heavy atom. The largest absolute Gasteiger partial charge is 0.397 e. The molecule has 0 unspecified atom stereocenters. The second kappa shape index (κ2) is 7.44. The Bertz CT molecular complexity index is 313. The lowest BCUT2D eigenvalue weighted by molar-refractivity contribution is 0.750. The topological polar surface area (TPSA) is 38.0 Å². The van der Waals surface area contributed by atoms with Crippen LogP contribution in [0.5, 0.6) is 0 Å². The van der Waals surface area contributed by atoms with Crippen LogP contribution in [0.1, 0.15) is 24.8 Å². The molecule has 1 rings (SSSR count). The highest BCUT2D eigenvalue weighted by Crippen LogP contribution is 2.21. The minimum absolute atomic E-state index is 0.881. The number of unbranched alkanes of at least 4 members (excludes halogenated alkanes) is 2. The molecular weight excluding hydrogens is 216 g/mol. The molecule has 0 spiro atoms. The summed E-state index contributed by atoms with van der Waals surface area (Å²) in [4.78, 5) is 0. The third-order valence-electron chi connectivity index (χ3n) is 2.66. The zero-order chi connectivity index (χ0) is 11.8. The van der Waals surface area contributed by atoms with Gasteiger partial charge in [-0.15, -0.1) is 0 Å². The summed E-state index contributed by atoms with van der Waals surface area (Å²) in [6.45, 7) is 3.06. The van der Waals surface area contributed by atoms with Gasteiger partial charge in [0.15, 0.2) is 0 Å². The quantitative estimate of drug-likeness (QED) is 0.564. The Hall–Kier alpha value is -0.830. The van der Waals surface area contributed by atoms with Gasteiger partial charge >= 0.3 is 0 Å². The van der Waals surface area contributed by atoms with Crippen LogP contribution in [0.4, 0.5) is 11.4 Å². The first-order valence-corrected chi connectivity index (χ1v) is 7.23. The van der Waals surface area contributed by atoms with E-state index >= 15 is 0 Å². The molecule has 0 saturated heterocycles. The standard InChI is InChI=1S/C13H22N2S/c1-11-7-6-8-12(13(11)14)15-9-4-3-5-10-16-2/h6-8,15H,3-5,9-10,14H2,1-2H3. The van der Waals surface area contributed by atoms with Gasteiger partial charge < -0.3 is 11.1 Å². The van der Waals surface area contributed by atoms with Gasteiger partial charge in [-0.3, -0.25) is 0 Å². The molecule has 0 aliphatic carbocycles. The monoisotopic (exact) mass is 238 g/mol. The molecule has 16 heavy (non-hydrogen) atoms. The van der Waals surface area contributed by atoms with Crippen molar-refractivity contribution in [3.05, 3.63) is 23.8 Å². The number of para-hydroxylation sites is 1. The van der Waals surface area contributed by atoms with Gasteiger partial charge in [-0.25, -0.2) is 0 Å².